The van der Waals surface area contributed by atoms with Crippen molar-refractivity contribution in [2.24, 2.45) is 0 Å². The maximum absolute atomic E-state index is 13.5. The molecule has 0 unspecified atom stereocenters. The minimum absolute atomic E-state index is 0.365. The number of nitrogens with zero attached hydrogens (tertiary/aromatic N) is 1. The van der Waals surface area contributed by atoms with Gasteiger partial charge in [0.05, 0.1) is 0 Å². The fourth-order valence-electron chi connectivity index (χ4n) is 2.49. The van der Waals surface area contributed by atoms with Crippen LogP contribution in [0.3, 0.4) is 0 Å². The first-order valence-corrected chi connectivity index (χ1v) is 7.40. The molecule has 0 aliphatic rings. The lowest BCUT2D eigenvalue weighted by atomic mass is 10.1. The number of para-hydroxylation sites is 1. The summed E-state index contributed by atoms with van der Waals surface area (Å²) in [7, 11) is 0. The second-order valence-corrected chi connectivity index (χ2v) is 5.36. The van der Waals surface area contributed by atoms with Gasteiger partial charge in [0.25, 0.3) is 6.01 Å². The SMILES string of the molecule is Oc1ccc(-c2ccc3oc(Nc4ccccc4)nc3c2)cc1F. The van der Waals surface area contributed by atoms with Gasteiger partial charge in [-0.2, -0.15) is 4.98 Å². The maximum atomic E-state index is 13.5. The minimum Gasteiger partial charge on any atom is -0.505 e. The van der Waals surface area contributed by atoms with E-state index in [9.17, 15) is 9.50 Å². The Morgan fingerprint density at radius 2 is 1.67 bits per heavy atom. The summed E-state index contributed by atoms with van der Waals surface area (Å²) in [6, 6.07) is 19.7. The summed E-state index contributed by atoms with van der Waals surface area (Å²) in [6.07, 6.45) is 0. The highest BCUT2D eigenvalue weighted by Gasteiger charge is 2.09. The van der Waals surface area contributed by atoms with Crippen LogP contribution in [0.4, 0.5) is 16.1 Å². The third-order valence-electron chi connectivity index (χ3n) is 3.69. The van der Waals surface area contributed by atoms with Gasteiger partial charge >= 0.3 is 0 Å². The van der Waals surface area contributed by atoms with E-state index in [0.29, 0.717) is 22.7 Å². The summed E-state index contributed by atoms with van der Waals surface area (Å²) in [5, 5.41) is 12.4. The van der Waals surface area contributed by atoms with E-state index in [1.807, 2.05) is 42.5 Å². The number of aromatic nitrogens is 1. The number of hydrogen-bond acceptors (Lipinski definition) is 4. The Labute approximate surface area is 137 Å². The van der Waals surface area contributed by atoms with Crippen LogP contribution < -0.4 is 5.32 Å². The van der Waals surface area contributed by atoms with Gasteiger partial charge in [0.15, 0.2) is 17.1 Å². The fourth-order valence-corrected chi connectivity index (χ4v) is 2.49. The van der Waals surface area contributed by atoms with Crippen LogP contribution in [-0.4, -0.2) is 10.1 Å². The Bertz CT molecular complexity index is 1010. The van der Waals surface area contributed by atoms with Crippen molar-refractivity contribution in [2.75, 3.05) is 5.32 Å². The molecule has 1 heterocycles. The fraction of sp³-hybridized carbons (Fsp3) is 0. The summed E-state index contributed by atoms with van der Waals surface area (Å²) in [4.78, 5) is 4.41. The van der Waals surface area contributed by atoms with E-state index in [4.69, 9.17) is 4.42 Å². The number of nitrogens with one attached hydrogen (secondary N) is 1. The Balaban J connectivity index is 1.69. The monoisotopic (exact) mass is 320 g/mol. The molecule has 0 aliphatic carbocycles. The molecule has 4 rings (SSSR count). The number of aromatic hydroxyl groups is 1. The molecular formula is C19H13FN2O2. The van der Waals surface area contributed by atoms with Crippen molar-refractivity contribution >= 4 is 22.8 Å². The average molecular weight is 320 g/mol. The van der Waals surface area contributed by atoms with Crippen LogP contribution in [0, 0.1) is 5.82 Å². The number of phenolic OH excluding ortho intramolecular Hbond substituents is 1. The largest absolute Gasteiger partial charge is 0.505 e. The molecule has 0 aliphatic heterocycles. The lowest BCUT2D eigenvalue weighted by molar-refractivity contribution is 0.432. The molecule has 24 heavy (non-hydrogen) atoms. The van der Waals surface area contributed by atoms with Gasteiger partial charge in [-0.25, -0.2) is 4.39 Å². The lowest BCUT2D eigenvalue weighted by Crippen LogP contribution is -1.88. The van der Waals surface area contributed by atoms with Crippen LogP contribution in [0.1, 0.15) is 0 Å². The number of oxazole rings is 1. The molecule has 4 aromatic rings. The van der Waals surface area contributed by atoms with Gasteiger partial charge in [0.2, 0.25) is 0 Å². The number of fused-ring (bicyclic) bond motifs is 1. The number of halogens is 1. The van der Waals surface area contributed by atoms with Gasteiger partial charge in [-0.05, 0) is 47.5 Å². The molecule has 5 heteroatoms. The van der Waals surface area contributed by atoms with Crippen molar-refractivity contribution in [2.45, 2.75) is 0 Å². The lowest BCUT2D eigenvalue weighted by Gasteiger charge is -2.02. The van der Waals surface area contributed by atoms with Crippen molar-refractivity contribution in [1.82, 2.24) is 4.98 Å². The summed E-state index contributed by atoms with van der Waals surface area (Å²) < 4.78 is 19.2. The molecule has 0 saturated carbocycles. The molecule has 3 aromatic carbocycles. The first-order valence-electron chi connectivity index (χ1n) is 7.40. The Morgan fingerprint density at radius 1 is 0.917 bits per heavy atom. The van der Waals surface area contributed by atoms with E-state index in [1.54, 1.807) is 12.1 Å². The number of phenols is 1. The molecule has 0 saturated heterocycles. The maximum Gasteiger partial charge on any atom is 0.300 e. The number of benzene rings is 3. The van der Waals surface area contributed by atoms with Crippen molar-refractivity contribution in [3.63, 3.8) is 0 Å². The number of hydrogen-bond donors (Lipinski definition) is 2. The van der Waals surface area contributed by atoms with E-state index in [1.165, 1.54) is 12.1 Å². The summed E-state index contributed by atoms with van der Waals surface area (Å²) in [6.45, 7) is 0. The first-order chi connectivity index (χ1) is 11.7. The van der Waals surface area contributed by atoms with Gasteiger partial charge in [-0.3, -0.25) is 0 Å². The Hall–Kier alpha value is -3.34. The second kappa shape index (κ2) is 5.70. The van der Waals surface area contributed by atoms with Crippen LogP contribution in [0.15, 0.2) is 71.1 Å². The van der Waals surface area contributed by atoms with Gasteiger partial charge < -0.3 is 14.8 Å². The van der Waals surface area contributed by atoms with Crippen LogP contribution in [0.25, 0.3) is 22.2 Å². The molecule has 0 radical (unpaired) electrons. The van der Waals surface area contributed by atoms with Gasteiger partial charge in [0.1, 0.15) is 5.52 Å². The van der Waals surface area contributed by atoms with E-state index in [0.717, 1.165) is 11.3 Å². The van der Waals surface area contributed by atoms with Crippen LogP contribution in [0.2, 0.25) is 0 Å². The van der Waals surface area contributed by atoms with Gasteiger partial charge in [-0.1, -0.05) is 30.3 Å². The van der Waals surface area contributed by atoms with Crippen molar-refractivity contribution in [1.29, 1.82) is 0 Å². The highest BCUT2D eigenvalue weighted by molar-refractivity contribution is 5.82. The summed E-state index contributed by atoms with van der Waals surface area (Å²) in [5.41, 5.74) is 3.63. The second-order valence-electron chi connectivity index (χ2n) is 5.36. The topological polar surface area (TPSA) is 58.3 Å². The molecule has 0 fully saturated rings. The molecule has 4 nitrogen and oxygen atoms in total. The van der Waals surface area contributed by atoms with E-state index >= 15 is 0 Å². The molecule has 0 atom stereocenters. The van der Waals surface area contributed by atoms with Crippen LogP contribution in [0.5, 0.6) is 5.75 Å². The summed E-state index contributed by atoms with van der Waals surface area (Å²) in [5.74, 6) is -1.02. The highest BCUT2D eigenvalue weighted by Crippen LogP contribution is 2.29. The van der Waals surface area contributed by atoms with Gasteiger partial charge in [-0.15, -0.1) is 0 Å². The normalized spacial score (nSPS) is 10.9. The Kier molecular flexibility index (Phi) is 3.39. The van der Waals surface area contributed by atoms with E-state index in [-0.39, 0.29) is 5.75 Å². The molecule has 0 bridgehead atoms. The van der Waals surface area contributed by atoms with E-state index in [2.05, 4.69) is 10.3 Å². The summed E-state index contributed by atoms with van der Waals surface area (Å²) >= 11 is 0. The first kappa shape index (κ1) is 14.3. The zero-order chi connectivity index (χ0) is 16.5. The molecule has 0 amide bonds. The number of rotatable bonds is 3. The molecule has 118 valence electrons. The zero-order valence-corrected chi connectivity index (χ0v) is 12.5. The van der Waals surface area contributed by atoms with E-state index < -0.39 is 5.82 Å². The van der Waals surface area contributed by atoms with Crippen molar-refractivity contribution < 1.29 is 13.9 Å². The standard InChI is InChI=1S/C19H13FN2O2/c20-15-10-12(6-8-17(15)23)13-7-9-18-16(11-13)22-19(24-18)21-14-4-2-1-3-5-14/h1-11,23H,(H,21,22). The minimum atomic E-state index is -0.654. The molecule has 1 aromatic heterocycles. The average Bonchev–Trinajstić information content (AvgIpc) is 2.99. The predicted molar refractivity (Wildman–Crippen MR) is 90.8 cm³/mol. The zero-order valence-electron chi connectivity index (χ0n) is 12.5. The smallest absolute Gasteiger partial charge is 0.300 e. The van der Waals surface area contributed by atoms with Gasteiger partial charge in [0, 0.05) is 5.69 Å². The van der Waals surface area contributed by atoms with Crippen LogP contribution >= 0.6 is 0 Å². The van der Waals surface area contributed by atoms with Crippen molar-refractivity contribution in [3.05, 3.63) is 72.5 Å². The quantitative estimate of drug-likeness (QED) is 0.552. The van der Waals surface area contributed by atoms with Crippen molar-refractivity contribution in [3.8, 4) is 16.9 Å². The molecule has 2 N–H and O–H groups in total. The van der Waals surface area contributed by atoms with Crippen LogP contribution in [-0.2, 0) is 0 Å². The number of anilines is 2. The predicted octanol–water partition coefficient (Wildman–Crippen LogP) is 5.08. The third kappa shape index (κ3) is 2.67. The Morgan fingerprint density at radius 3 is 2.46 bits per heavy atom. The molecular weight excluding hydrogens is 307 g/mol. The third-order valence-corrected chi connectivity index (χ3v) is 3.69. The molecule has 0 spiro atoms. The highest BCUT2D eigenvalue weighted by atomic mass is 19.1.